The lowest BCUT2D eigenvalue weighted by atomic mass is 10.2. The lowest BCUT2D eigenvalue weighted by molar-refractivity contribution is -0.384. The Morgan fingerprint density at radius 2 is 2.08 bits per heavy atom. The summed E-state index contributed by atoms with van der Waals surface area (Å²) < 4.78 is 0. The molecule has 2 amide bonds. The van der Waals surface area contributed by atoms with E-state index in [0.29, 0.717) is 16.9 Å². The van der Waals surface area contributed by atoms with Gasteiger partial charge in [0, 0.05) is 17.0 Å². The molecule has 8 heteroatoms. The smallest absolute Gasteiger partial charge is 0.271 e. The highest BCUT2D eigenvalue weighted by atomic mass is 32.2. The van der Waals surface area contributed by atoms with E-state index in [1.165, 1.54) is 28.8 Å². The van der Waals surface area contributed by atoms with Gasteiger partial charge < -0.3 is 10.2 Å². The summed E-state index contributed by atoms with van der Waals surface area (Å²) in [5, 5.41) is 13.5. The van der Waals surface area contributed by atoms with Crippen molar-refractivity contribution < 1.29 is 14.5 Å². The molecule has 0 bridgehead atoms. The second kappa shape index (κ2) is 6.94. The molecule has 1 aliphatic rings. The zero-order valence-corrected chi connectivity index (χ0v) is 14.2. The summed E-state index contributed by atoms with van der Waals surface area (Å²) >= 11 is 1.44. The van der Waals surface area contributed by atoms with Crippen LogP contribution in [0.15, 0.2) is 47.4 Å². The Kier molecular flexibility index (Phi) is 4.71. The van der Waals surface area contributed by atoms with Crippen LogP contribution in [0.3, 0.4) is 0 Å². The third-order valence-corrected chi connectivity index (χ3v) is 4.86. The second-order valence-corrected chi connectivity index (χ2v) is 6.56. The quantitative estimate of drug-likeness (QED) is 0.671. The minimum Gasteiger partial charge on any atom is -0.324 e. The number of hydrogen-bond acceptors (Lipinski definition) is 5. The second-order valence-electron chi connectivity index (χ2n) is 5.54. The van der Waals surface area contributed by atoms with Crippen molar-refractivity contribution in [3.8, 4) is 0 Å². The number of amides is 2. The van der Waals surface area contributed by atoms with Crippen molar-refractivity contribution >= 4 is 40.6 Å². The van der Waals surface area contributed by atoms with Crippen LogP contribution in [-0.2, 0) is 9.59 Å². The number of nitrogens with one attached hydrogen (secondary N) is 1. The molecule has 3 rings (SSSR count). The third-order valence-electron chi connectivity index (χ3n) is 3.82. The molecule has 0 radical (unpaired) electrons. The molecule has 0 atom stereocenters. The van der Waals surface area contributed by atoms with Crippen LogP contribution in [0, 0.1) is 17.0 Å². The molecule has 2 aromatic carbocycles. The van der Waals surface area contributed by atoms with E-state index < -0.39 is 10.8 Å². The molecule has 1 aliphatic heterocycles. The predicted octanol–water partition coefficient (Wildman–Crippen LogP) is 2.98. The Hall–Kier alpha value is -2.87. The largest absolute Gasteiger partial charge is 0.324 e. The molecule has 0 saturated carbocycles. The summed E-state index contributed by atoms with van der Waals surface area (Å²) in [6.07, 6.45) is 0. The fourth-order valence-corrected chi connectivity index (χ4v) is 3.45. The molecule has 0 spiro atoms. The van der Waals surface area contributed by atoms with Gasteiger partial charge in [-0.25, -0.2) is 0 Å². The van der Waals surface area contributed by atoms with Gasteiger partial charge in [0.2, 0.25) is 11.8 Å². The monoisotopic (exact) mass is 357 g/mol. The van der Waals surface area contributed by atoms with Gasteiger partial charge in [-0.3, -0.25) is 19.7 Å². The van der Waals surface area contributed by atoms with Gasteiger partial charge in [0.05, 0.1) is 22.1 Å². The van der Waals surface area contributed by atoms with Crippen LogP contribution in [0.1, 0.15) is 5.56 Å². The highest BCUT2D eigenvalue weighted by molar-refractivity contribution is 8.00. The summed E-state index contributed by atoms with van der Waals surface area (Å²) in [5.41, 5.74) is 1.68. The molecule has 2 aromatic rings. The normalized spacial score (nSPS) is 13.3. The Morgan fingerprint density at radius 3 is 2.84 bits per heavy atom. The van der Waals surface area contributed by atoms with Gasteiger partial charge in [-0.2, -0.15) is 0 Å². The van der Waals surface area contributed by atoms with Crippen molar-refractivity contribution in [3.63, 3.8) is 0 Å². The van der Waals surface area contributed by atoms with Crippen LogP contribution >= 0.6 is 11.8 Å². The molecule has 7 nitrogen and oxygen atoms in total. The molecule has 0 fully saturated rings. The summed E-state index contributed by atoms with van der Waals surface area (Å²) in [4.78, 5) is 37.3. The highest BCUT2D eigenvalue weighted by Crippen LogP contribution is 2.34. The maximum Gasteiger partial charge on any atom is 0.271 e. The molecule has 0 aromatic heterocycles. The van der Waals surface area contributed by atoms with E-state index >= 15 is 0 Å². The lowest BCUT2D eigenvalue weighted by Gasteiger charge is -2.28. The van der Waals surface area contributed by atoms with E-state index in [-0.39, 0.29) is 23.9 Å². The molecule has 128 valence electrons. The number of non-ortho nitro benzene ring substituents is 1. The topological polar surface area (TPSA) is 92.6 Å². The van der Waals surface area contributed by atoms with Gasteiger partial charge in [0.15, 0.2) is 0 Å². The van der Waals surface area contributed by atoms with Gasteiger partial charge in [0.1, 0.15) is 6.54 Å². The SMILES string of the molecule is Cc1ccc([N+](=O)[O-])cc1NC(=O)CN1C(=O)CSc2ccccc21. The Morgan fingerprint density at radius 1 is 1.32 bits per heavy atom. The first-order valence-corrected chi connectivity index (χ1v) is 8.51. The van der Waals surface area contributed by atoms with Gasteiger partial charge >= 0.3 is 0 Å². The van der Waals surface area contributed by atoms with Crippen LogP contribution in [0.2, 0.25) is 0 Å². The standard InChI is InChI=1S/C17H15N3O4S/c1-11-6-7-12(20(23)24)8-13(11)18-16(21)9-19-14-4-2-3-5-15(14)25-10-17(19)22/h2-8H,9-10H2,1H3,(H,18,21). The van der Waals surface area contributed by atoms with E-state index in [1.54, 1.807) is 19.1 Å². The number of carbonyl (C=O) groups excluding carboxylic acids is 2. The molecule has 0 saturated heterocycles. The van der Waals surface area contributed by atoms with Gasteiger partial charge in [-0.1, -0.05) is 18.2 Å². The minimum atomic E-state index is -0.517. The average Bonchev–Trinajstić information content (AvgIpc) is 2.59. The molecule has 0 unspecified atom stereocenters. The zero-order valence-electron chi connectivity index (χ0n) is 13.4. The molecule has 1 N–H and O–H groups in total. The fraction of sp³-hybridized carbons (Fsp3) is 0.176. The number of anilines is 2. The first-order valence-electron chi connectivity index (χ1n) is 7.53. The molecule has 0 aliphatic carbocycles. The Bertz CT molecular complexity index is 869. The van der Waals surface area contributed by atoms with Crippen molar-refractivity contribution in [3.05, 3.63) is 58.1 Å². The predicted molar refractivity (Wildman–Crippen MR) is 96.0 cm³/mol. The molecular formula is C17H15N3O4S. The fourth-order valence-electron chi connectivity index (χ4n) is 2.52. The Balaban J connectivity index is 1.78. The highest BCUT2D eigenvalue weighted by Gasteiger charge is 2.26. The summed E-state index contributed by atoms with van der Waals surface area (Å²) in [6.45, 7) is 1.61. The van der Waals surface area contributed by atoms with Crippen LogP contribution in [0.5, 0.6) is 0 Å². The average molecular weight is 357 g/mol. The molecule has 1 heterocycles. The number of nitro groups is 1. The van der Waals surface area contributed by atoms with Crippen molar-refractivity contribution in [2.45, 2.75) is 11.8 Å². The van der Waals surface area contributed by atoms with Crippen LogP contribution in [0.25, 0.3) is 0 Å². The van der Waals surface area contributed by atoms with E-state index in [1.807, 2.05) is 18.2 Å². The lowest BCUT2D eigenvalue weighted by Crippen LogP contribution is -2.41. The number of aryl methyl sites for hydroxylation is 1. The van der Waals surface area contributed by atoms with Crippen LogP contribution in [0.4, 0.5) is 17.1 Å². The summed E-state index contributed by atoms with van der Waals surface area (Å²) in [7, 11) is 0. The van der Waals surface area contributed by atoms with E-state index in [9.17, 15) is 19.7 Å². The van der Waals surface area contributed by atoms with E-state index in [4.69, 9.17) is 0 Å². The first kappa shape index (κ1) is 17.0. The molecular weight excluding hydrogens is 342 g/mol. The van der Waals surface area contributed by atoms with Gasteiger partial charge in [0.25, 0.3) is 5.69 Å². The number of hydrogen-bond donors (Lipinski definition) is 1. The molecule has 25 heavy (non-hydrogen) atoms. The number of fused-ring (bicyclic) bond motifs is 1. The van der Waals surface area contributed by atoms with Crippen molar-refractivity contribution in [1.82, 2.24) is 0 Å². The number of nitrogens with zero attached hydrogens (tertiary/aromatic N) is 2. The summed E-state index contributed by atoms with van der Waals surface area (Å²) in [6, 6.07) is 11.7. The number of carbonyl (C=O) groups is 2. The third kappa shape index (κ3) is 3.63. The van der Waals surface area contributed by atoms with Crippen LogP contribution < -0.4 is 10.2 Å². The minimum absolute atomic E-state index is 0.100. The summed E-state index contributed by atoms with van der Waals surface area (Å²) in [5.74, 6) is -0.270. The van der Waals surface area contributed by atoms with Crippen LogP contribution in [-0.4, -0.2) is 29.0 Å². The van der Waals surface area contributed by atoms with E-state index in [2.05, 4.69) is 5.32 Å². The number of rotatable bonds is 4. The van der Waals surface area contributed by atoms with Crippen molar-refractivity contribution in [1.29, 1.82) is 0 Å². The first-order chi connectivity index (χ1) is 12.0. The number of benzene rings is 2. The van der Waals surface area contributed by atoms with Crippen molar-refractivity contribution in [2.24, 2.45) is 0 Å². The van der Waals surface area contributed by atoms with E-state index in [0.717, 1.165) is 4.90 Å². The maximum atomic E-state index is 12.4. The number of nitro benzene ring substituents is 1. The maximum absolute atomic E-state index is 12.4. The van der Waals surface area contributed by atoms with Crippen molar-refractivity contribution in [2.75, 3.05) is 22.5 Å². The Labute approximate surface area is 148 Å². The zero-order chi connectivity index (χ0) is 18.0. The van der Waals surface area contributed by atoms with Gasteiger partial charge in [-0.15, -0.1) is 11.8 Å². The van der Waals surface area contributed by atoms with Gasteiger partial charge in [-0.05, 0) is 24.6 Å². The number of thioether (sulfide) groups is 1. The number of para-hydroxylation sites is 1.